The molecule has 0 saturated heterocycles. The smallest absolute Gasteiger partial charge is 0.305 e. The lowest BCUT2D eigenvalue weighted by Gasteiger charge is -2.15. The molecule has 1 unspecified atom stereocenters. The lowest BCUT2D eigenvalue weighted by atomic mass is 9.94. The van der Waals surface area contributed by atoms with Gasteiger partial charge in [-0.05, 0) is 31.6 Å². The summed E-state index contributed by atoms with van der Waals surface area (Å²) in [5.41, 5.74) is 0. The summed E-state index contributed by atoms with van der Waals surface area (Å²) in [6, 6.07) is 0. The molecule has 0 aliphatic carbocycles. The molecule has 0 rings (SSSR count). The summed E-state index contributed by atoms with van der Waals surface area (Å²) < 4.78 is 10.4. The van der Waals surface area contributed by atoms with Gasteiger partial charge in [0.25, 0.3) is 6.47 Å². The van der Waals surface area contributed by atoms with Crippen molar-refractivity contribution in [2.45, 2.75) is 155 Å². The Hall–Kier alpha value is -1.06. The van der Waals surface area contributed by atoms with Gasteiger partial charge < -0.3 is 9.47 Å². The second-order valence-corrected chi connectivity index (χ2v) is 9.85. The first-order chi connectivity index (χ1) is 16.2. The highest BCUT2D eigenvalue weighted by Gasteiger charge is 2.09. The Kier molecular flexibility index (Phi) is 26.3. The van der Waals surface area contributed by atoms with Crippen molar-refractivity contribution >= 4 is 12.4 Å². The molecule has 0 aromatic rings. The van der Waals surface area contributed by atoms with E-state index in [0.717, 1.165) is 32.1 Å². The van der Waals surface area contributed by atoms with Crippen molar-refractivity contribution in [1.29, 1.82) is 0 Å². The van der Waals surface area contributed by atoms with E-state index in [4.69, 9.17) is 9.47 Å². The topological polar surface area (TPSA) is 52.6 Å². The zero-order chi connectivity index (χ0) is 24.2. The SMILES string of the molecule is CCCCCCCCCCCC(CCCCCCCCC(=O)OCCCCCC)COC=O. The standard InChI is InChI=1S/C29H56O4/c1-3-5-7-9-10-11-12-15-18-22-28(26-32-27-30)23-19-16-13-14-17-20-24-29(31)33-25-21-8-6-4-2/h27-28H,3-26H2,1-2H3. The van der Waals surface area contributed by atoms with E-state index < -0.39 is 0 Å². The maximum absolute atomic E-state index is 11.7. The van der Waals surface area contributed by atoms with Gasteiger partial charge in [-0.25, -0.2) is 0 Å². The van der Waals surface area contributed by atoms with E-state index in [1.807, 2.05) is 0 Å². The zero-order valence-corrected chi connectivity index (χ0v) is 22.3. The first-order valence-corrected chi connectivity index (χ1v) is 14.4. The lowest BCUT2D eigenvalue weighted by Crippen LogP contribution is -2.09. The molecule has 0 aromatic heterocycles. The molecule has 196 valence electrons. The van der Waals surface area contributed by atoms with E-state index in [1.54, 1.807) is 0 Å². The molecular formula is C29H56O4. The molecule has 4 heteroatoms. The van der Waals surface area contributed by atoms with E-state index in [9.17, 15) is 9.59 Å². The molecule has 0 amide bonds. The van der Waals surface area contributed by atoms with Gasteiger partial charge >= 0.3 is 5.97 Å². The number of esters is 1. The molecule has 0 aliphatic rings. The first kappa shape index (κ1) is 31.9. The number of hydrogen-bond acceptors (Lipinski definition) is 4. The van der Waals surface area contributed by atoms with Crippen LogP contribution in [0.5, 0.6) is 0 Å². The van der Waals surface area contributed by atoms with Crippen LogP contribution >= 0.6 is 0 Å². The third kappa shape index (κ3) is 25.4. The van der Waals surface area contributed by atoms with Crippen molar-refractivity contribution in [1.82, 2.24) is 0 Å². The van der Waals surface area contributed by atoms with Crippen molar-refractivity contribution in [2.24, 2.45) is 5.92 Å². The van der Waals surface area contributed by atoms with Gasteiger partial charge in [0, 0.05) is 6.42 Å². The first-order valence-electron chi connectivity index (χ1n) is 14.4. The Labute approximate surface area is 206 Å². The molecule has 0 aliphatic heterocycles. The molecule has 0 heterocycles. The van der Waals surface area contributed by atoms with E-state index in [0.29, 0.717) is 32.0 Å². The Bertz CT molecular complexity index is 410. The molecule has 0 fully saturated rings. The van der Waals surface area contributed by atoms with E-state index in [1.165, 1.54) is 103 Å². The Balaban J connectivity index is 3.59. The third-order valence-corrected chi connectivity index (χ3v) is 6.62. The minimum absolute atomic E-state index is 0.0268. The number of carbonyl (C=O) groups is 2. The van der Waals surface area contributed by atoms with Crippen molar-refractivity contribution in [3.05, 3.63) is 0 Å². The van der Waals surface area contributed by atoms with Crippen LogP contribution in [0.1, 0.15) is 155 Å². The van der Waals surface area contributed by atoms with Crippen LogP contribution in [-0.2, 0) is 19.1 Å². The fourth-order valence-electron chi connectivity index (χ4n) is 4.43. The summed E-state index contributed by atoms with van der Waals surface area (Å²) in [4.78, 5) is 22.3. The highest BCUT2D eigenvalue weighted by molar-refractivity contribution is 5.69. The van der Waals surface area contributed by atoms with E-state index in [-0.39, 0.29) is 5.97 Å². The van der Waals surface area contributed by atoms with Crippen LogP contribution in [0, 0.1) is 5.92 Å². The fraction of sp³-hybridized carbons (Fsp3) is 0.931. The summed E-state index contributed by atoms with van der Waals surface area (Å²) in [6.07, 6.45) is 26.6. The summed E-state index contributed by atoms with van der Waals surface area (Å²) in [6.45, 7) is 6.22. The quantitative estimate of drug-likeness (QED) is 0.0685. The monoisotopic (exact) mass is 468 g/mol. The van der Waals surface area contributed by atoms with E-state index >= 15 is 0 Å². The van der Waals surface area contributed by atoms with Crippen molar-refractivity contribution in [3.8, 4) is 0 Å². The molecule has 0 aromatic carbocycles. The number of unbranched alkanes of at least 4 members (excludes halogenated alkanes) is 16. The van der Waals surface area contributed by atoms with Crippen LogP contribution in [0.15, 0.2) is 0 Å². The second-order valence-electron chi connectivity index (χ2n) is 9.85. The highest BCUT2D eigenvalue weighted by atomic mass is 16.5. The maximum atomic E-state index is 11.7. The van der Waals surface area contributed by atoms with Crippen molar-refractivity contribution < 1.29 is 19.1 Å². The van der Waals surface area contributed by atoms with E-state index in [2.05, 4.69) is 13.8 Å². The van der Waals surface area contributed by atoms with Gasteiger partial charge in [0.15, 0.2) is 0 Å². The van der Waals surface area contributed by atoms with Crippen LogP contribution in [0.25, 0.3) is 0 Å². The average Bonchev–Trinajstić information content (AvgIpc) is 2.82. The van der Waals surface area contributed by atoms with Gasteiger partial charge in [0.1, 0.15) is 0 Å². The molecule has 0 saturated carbocycles. The predicted molar refractivity (Wildman–Crippen MR) is 139 cm³/mol. The minimum Gasteiger partial charge on any atom is -0.468 e. The molecular weight excluding hydrogens is 412 g/mol. The van der Waals surface area contributed by atoms with Gasteiger partial charge in [-0.3, -0.25) is 9.59 Å². The number of ether oxygens (including phenoxy) is 2. The van der Waals surface area contributed by atoms with Crippen molar-refractivity contribution in [3.63, 3.8) is 0 Å². The summed E-state index contributed by atoms with van der Waals surface area (Å²) >= 11 is 0. The van der Waals surface area contributed by atoms with Crippen LogP contribution in [0.2, 0.25) is 0 Å². The van der Waals surface area contributed by atoms with Gasteiger partial charge in [0.05, 0.1) is 13.2 Å². The normalized spacial score (nSPS) is 11.9. The van der Waals surface area contributed by atoms with Gasteiger partial charge in [-0.1, -0.05) is 123 Å². The molecule has 0 radical (unpaired) electrons. The largest absolute Gasteiger partial charge is 0.468 e. The minimum atomic E-state index is -0.0268. The fourth-order valence-corrected chi connectivity index (χ4v) is 4.43. The van der Waals surface area contributed by atoms with Crippen LogP contribution in [0.3, 0.4) is 0 Å². The van der Waals surface area contributed by atoms with Crippen LogP contribution in [-0.4, -0.2) is 25.7 Å². The Morgan fingerprint density at radius 1 is 0.636 bits per heavy atom. The maximum Gasteiger partial charge on any atom is 0.305 e. The van der Waals surface area contributed by atoms with Gasteiger partial charge in [-0.2, -0.15) is 0 Å². The Morgan fingerprint density at radius 2 is 1.09 bits per heavy atom. The summed E-state index contributed by atoms with van der Waals surface area (Å²) in [5.74, 6) is 0.493. The van der Waals surface area contributed by atoms with Gasteiger partial charge in [-0.15, -0.1) is 0 Å². The predicted octanol–water partition coefficient (Wildman–Crippen LogP) is 8.94. The molecule has 0 bridgehead atoms. The number of hydrogen-bond donors (Lipinski definition) is 0. The number of carbonyl (C=O) groups excluding carboxylic acids is 2. The molecule has 4 nitrogen and oxygen atoms in total. The zero-order valence-electron chi connectivity index (χ0n) is 22.3. The number of rotatable bonds is 27. The molecule has 0 spiro atoms. The van der Waals surface area contributed by atoms with Crippen LogP contribution < -0.4 is 0 Å². The summed E-state index contributed by atoms with van der Waals surface area (Å²) in [5, 5.41) is 0. The Morgan fingerprint density at radius 3 is 1.61 bits per heavy atom. The molecule has 33 heavy (non-hydrogen) atoms. The average molecular weight is 469 g/mol. The highest BCUT2D eigenvalue weighted by Crippen LogP contribution is 2.20. The molecule has 1 atom stereocenters. The molecule has 0 N–H and O–H groups in total. The van der Waals surface area contributed by atoms with Gasteiger partial charge in [0.2, 0.25) is 0 Å². The lowest BCUT2D eigenvalue weighted by molar-refractivity contribution is -0.143. The third-order valence-electron chi connectivity index (χ3n) is 6.62. The van der Waals surface area contributed by atoms with Crippen molar-refractivity contribution in [2.75, 3.05) is 13.2 Å². The van der Waals surface area contributed by atoms with Crippen LogP contribution in [0.4, 0.5) is 0 Å². The second kappa shape index (κ2) is 27.2. The summed E-state index contributed by atoms with van der Waals surface area (Å²) in [7, 11) is 0.